The Bertz CT molecular complexity index is 367. The second-order valence-corrected chi connectivity index (χ2v) is 3.25. The fourth-order valence-corrected chi connectivity index (χ4v) is 1.01. The standard InChI is InChI=1S/C9H14N4O2/c1-4-7(8(14)15)11-9-10-5(2)6(3)12-13-9/h7H,4H2,1-3H3,(H,14,15)(H,10,11,13). The van der Waals surface area contributed by atoms with E-state index in [9.17, 15) is 4.79 Å². The van der Waals surface area contributed by atoms with E-state index in [2.05, 4.69) is 20.5 Å². The minimum Gasteiger partial charge on any atom is -0.480 e. The molecule has 6 heteroatoms. The van der Waals surface area contributed by atoms with Crippen molar-refractivity contribution in [1.29, 1.82) is 0 Å². The van der Waals surface area contributed by atoms with E-state index in [-0.39, 0.29) is 5.95 Å². The molecule has 0 radical (unpaired) electrons. The number of aryl methyl sites for hydroxylation is 2. The Kier molecular flexibility index (Phi) is 3.54. The number of rotatable bonds is 4. The quantitative estimate of drug-likeness (QED) is 0.762. The van der Waals surface area contributed by atoms with Crippen LogP contribution in [0.2, 0.25) is 0 Å². The van der Waals surface area contributed by atoms with Gasteiger partial charge in [-0.1, -0.05) is 6.92 Å². The van der Waals surface area contributed by atoms with Crippen LogP contribution in [0.25, 0.3) is 0 Å². The predicted octanol–water partition coefficient (Wildman–Crippen LogP) is 0.764. The van der Waals surface area contributed by atoms with Gasteiger partial charge < -0.3 is 10.4 Å². The van der Waals surface area contributed by atoms with Gasteiger partial charge in [-0.15, -0.1) is 5.10 Å². The molecule has 0 bridgehead atoms. The highest BCUT2D eigenvalue weighted by atomic mass is 16.4. The number of nitrogens with one attached hydrogen (secondary N) is 1. The monoisotopic (exact) mass is 210 g/mol. The van der Waals surface area contributed by atoms with Crippen LogP contribution in [0.5, 0.6) is 0 Å². The number of anilines is 1. The van der Waals surface area contributed by atoms with Crippen LogP contribution in [0, 0.1) is 13.8 Å². The molecule has 0 amide bonds. The van der Waals surface area contributed by atoms with Gasteiger partial charge in [0.05, 0.1) is 11.4 Å². The lowest BCUT2D eigenvalue weighted by Crippen LogP contribution is -2.29. The number of aromatic nitrogens is 3. The third-order valence-corrected chi connectivity index (χ3v) is 2.10. The van der Waals surface area contributed by atoms with Gasteiger partial charge in [0.15, 0.2) is 0 Å². The van der Waals surface area contributed by atoms with Gasteiger partial charge in [0.1, 0.15) is 6.04 Å². The van der Waals surface area contributed by atoms with Crippen molar-refractivity contribution in [2.24, 2.45) is 0 Å². The Morgan fingerprint density at radius 3 is 2.53 bits per heavy atom. The minimum absolute atomic E-state index is 0.257. The molecule has 1 aromatic rings. The van der Waals surface area contributed by atoms with Crippen LogP contribution in [-0.2, 0) is 4.79 Å². The van der Waals surface area contributed by atoms with Crippen molar-refractivity contribution >= 4 is 11.9 Å². The van der Waals surface area contributed by atoms with Crippen LogP contribution in [-0.4, -0.2) is 32.3 Å². The van der Waals surface area contributed by atoms with Crippen LogP contribution < -0.4 is 5.32 Å². The normalized spacial score (nSPS) is 12.2. The van der Waals surface area contributed by atoms with Crippen molar-refractivity contribution in [3.63, 3.8) is 0 Å². The molecule has 1 heterocycles. The maximum absolute atomic E-state index is 10.7. The van der Waals surface area contributed by atoms with Crippen LogP contribution in [0.4, 0.5) is 5.95 Å². The highest BCUT2D eigenvalue weighted by Crippen LogP contribution is 2.05. The van der Waals surface area contributed by atoms with Gasteiger partial charge in [-0.25, -0.2) is 9.78 Å². The number of hydrogen-bond acceptors (Lipinski definition) is 5. The van der Waals surface area contributed by atoms with Gasteiger partial charge in [0.2, 0.25) is 5.95 Å². The molecule has 0 saturated heterocycles. The Balaban J connectivity index is 2.80. The number of carboxylic acid groups (broad SMARTS) is 1. The predicted molar refractivity (Wildman–Crippen MR) is 54.6 cm³/mol. The maximum atomic E-state index is 10.7. The molecule has 0 aliphatic heterocycles. The summed E-state index contributed by atoms with van der Waals surface area (Å²) in [7, 11) is 0. The van der Waals surface area contributed by atoms with Crippen molar-refractivity contribution in [1.82, 2.24) is 15.2 Å². The third-order valence-electron chi connectivity index (χ3n) is 2.10. The van der Waals surface area contributed by atoms with Crippen LogP contribution in [0.15, 0.2) is 0 Å². The molecule has 82 valence electrons. The van der Waals surface area contributed by atoms with Crippen molar-refractivity contribution in [3.8, 4) is 0 Å². The average molecular weight is 210 g/mol. The van der Waals surface area contributed by atoms with Crippen molar-refractivity contribution in [2.45, 2.75) is 33.2 Å². The number of carboxylic acids is 1. The van der Waals surface area contributed by atoms with Crippen LogP contribution in [0.1, 0.15) is 24.7 Å². The van der Waals surface area contributed by atoms with E-state index in [0.29, 0.717) is 6.42 Å². The first-order chi connectivity index (χ1) is 7.04. The molecular weight excluding hydrogens is 196 g/mol. The summed E-state index contributed by atoms with van der Waals surface area (Å²) in [6.45, 7) is 5.38. The van der Waals surface area contributed by atoms with Crippen molar-refractivity contribution < 1.29 is 9.90 Å². The molecule has 6 nitrogen and oxygen atoms in total. The van der Waals surface area contributed by atoms with E-state index in [1.807, 2.05) is 0 Å². The zero-order chi connectivity index (χ0) is 11.4. The lowest BCUT2D eigenvalue weighted by atomic mass is 10.2. The summed E-state index contributed by atoms with van der Waals surface area (Å²) in [4.78, 5) is 14.8. The molecule has 0 fully saturated rings. The van der Waals surface area contributed by atoms with Crippen LogP contribution in [0.3, 0.4) is 0 Å². The first kappa shape index (κ1) is 11.4. The Hall–Kier alpha value is -1.72. The maximum Gasteiger partial charge on any atom is 0.326 e. The second kappa shape index (κ2) is 4.68. The van der Waals surface area contributed by atoms with Gasteiger partial charge in [0, 0.05) is 0 Å². The molecule has 0 spiro atoms. The molecule has 15 heavy (non-hydrogen) atoms. The lowest BCUT2D eigenvalue weighted by molar-refractivity contribution is -0.138. The van der Waals surface area contributed by atoms with Gasteiger partial charge in [-0.2, -0.15) is 5.10 Å². The fourth-order valence-electron chi connectivity index (χ4n) is 1.01. The average Bonchev–Trinajstić information content (AvgIpc) is 2.19. The second-order valence-electron chi connectivity index (χ2n) is 3.25. The zero-order valence-electron chi connectivity index (χ0n) is 8.98. The highest BCUT2D eigenvalue weighted by Gasteiger charge is 2.16. The summed E-state index contributed by atoms with van der Waals surface area (Å²) in [5.41, 5.74) is 1.48. The number of aliphatic carboxylic acids is 1. The molecule has 2 N–H and O–H groups in total. The summed E-state index contributed by atoms with van der Waals surface area (Å²) < 4.78 is 0. The summed E-state index contributed by atoms with van der Waals surface area (Å²) in [5, 5.41) is 19.2. The Morgan fingerprint density at radius 2 is 2.07 bits per heavy atom. The first-order valence-corrected chi connectivity index (χ1v) is 4.71. The molecule has 1 atom stereocenters. The molecule has 1 unspecified atom stereocenters. The molecule has 1 aromatic heterocycles. The van der Waals surface area contributed by atoms with E-state index in [0.717, 1.165) is 11.4 Å². The summed E-state index contributed by atoms with van der Waals surface area (Å²) in [5.74, 6) is -0.660. The summed E-state index contributed by atoms with van der Waals surface area (Å²) >= 11 is 0. The van der Waals surface area contributed by atoms with Gasteiger partial charge in [-0.3, -0.25) is 0 Å². The molecule has 0 saturated carbocycles. The minimum atomic E-state index is -0.917. The SMILES string of the molecule is CCC(Nc1nnc(C)c(C)n1)C(=O)O. The highest BCUT2D eigenvalue weighted by molar-refractivity contribution is 5.76. The molecule has 0 aromatic carbocycles. The largest absolute Gasteiger partial charge is 0.480 e. The lowest BCUT2D eigenvalue weighted by Gasteiger charge is -2.11. The molecule has 1 rings (SSSR count). The number of nitrogens with zero attached hydrogens (tertiary/aromatic N) is 3. The van der Waals surface area contributed by atoms with E-state index in [1.54, 1.807) is 20.8 Å². The number of carbonyl (C=O) groups is 1. The van der Waals surface area contributed by atoms with Crippen molar-refractivity contribution in [3.05, 3.63) is 11.4 Å². The van der Waals surface area contributed by atoms with Gasteiger partial charge in [0.25, 0.3) is 0 Å². The Morgan fingerprint density at radius 1 is 1.40 bits per heavy atom. The Labute approximate surface area is 87.8 Å². The number of hydrogen-bond donors (Lipinski definition) is 2. The van der Waals surface area contributed by atoms with Gasteiger partial charge in [-0.05, 0) is 20.3 Å². The third kappa shape index (κ3) is 2.87. The topological polar surface area (TPSA) is 88.0 Å². The van der Waals surface area contributed by atoms with E-state index < -0.39 is 12.0 Å². The smallest absolute Gasteiger partial charge is 0.326 e. The fraction of sp³-hybridized carbons (Fsp3) is 0.556. The van der Waals surface area contributed by atoms with E-state index in [1.165, 1.54) is 0 Å². The molecular formula is C9H14N4O2. The van der Waals surface area contributed by atoms with Crippen LogP contribution >= 0.6 is 0 Å². The summed E-state index contributed by atoms with van der Waals surface area (Å²) in [6, 6.07) is -0.672. The van der Waals surface area contributed by atoms with Crippen molar-refractivity contribution in [2.75, 3.05) is 5.32 Å². The summed E-state index contributed by atoms with van der Waals surface area (Å²) in [6.07, 6.45) is 0.464. The molecule has 0 aliphatic rings. The van der Waals surface area contributed by atoms with E-state index in [4.69, 9.17) is 5.11 Å². The molecule has 0 aliphatic carbocycles. The zero-order valence-corrected chi connectivity index (χ0v) is 8.98. The van der Waals surface area contributed by atoms with E-state index >= 15 is 0 Å². The first-order valence-electron chi connectivity index (χ1n) is 4.71. The van der Waals surface area contributed by atoms with Gasteiger partial charge >= 0.3 is 5.97 Å².